The third-order valence-corrected chi connectivity index (χ3v) is 6.41. The molecule has 1 unspecified atom stereocenters. The Balaban J connectivity index is 2.12. The molecule has 1 aliphatic heterocycles. The van der Waals surface area contributed by atoms with Crippen molar-refractivity contribution in [3.8, 4) is 0 Å². The number of benzene rings is 2. The van der Waals surface area contributed by atoms with E-state index in [1.54, 1.807) is 13.0 Å². The maximum Gasteiger partial charge on any atom is 0.246 e. The predicted octanol–water partition coefficient (Wildman–Crippen LogP) is 3.49. The molecule has 0 radical (unpaired) electrons. The number of nitrogens with zero attached hydrogens (tertiary/aromatic N) is 1. The lowest BCUT2D eigenvalue weighted by Crippen LogP contribution is -2.42. The predicted molar refractivity (Wildman–Crippen MR) is 98.2 cm³/mol. The van der Waals surface area contributed by atoms with Crippen LogP contribution < -0.4 is 5.32 Å². The SMILES string of the molecule is Cc1cc(C)cc(CN2C(C)C(=O)Nc3ccc(Cl)cc3S2(=O)=O)c1. The Kier molecular flexibility index (Phi) is 4.62. The summed E-state index contributed by atoms with van der Waals surface area (Å²) in [6.45, 7) is 5.62. The van der Waals surface area contributed by atoms with Gasteiger partial charge in [-0.2, -0.15) is 4.31 Å². The number of aryl methyl sites for hydroxylation is 2. The van der Waals surface area contributed by atoms with E-state index in [1.807, 2.05) is 32.0 Å². The van der Waals surface area contributed by atoms with Crippen LogP contribution in [-0.2, 0) is 21.4 Å². The molecular formula is C18H19ClN2O3S. The number of hydrogen-bond donors (Lipinski definition) is 1. The second-order valence-electron chi connectivity index (χ2n) is 6.35. The fourth-order valence-electron chi connectivity index (χ4n) is 3.08. The summed E-state index contributed by atoms with van der Waals surface area (Å²) in [6, 6.07) is 9.48. The molecule has 3 rings (SSSR count). The molecule has 0 aromatic heterocycles. The molecule has 2 aromatic rings. The van der Waals surface area contributed by atoms with E-state index < -0.39 is 16.1 Å². The van der Waals surface area contributed by atoms with Gasteiger partial charge in [-0.25, -0.2) is 8.42 Å². The van der Waals surface area contributed by atoms with Gasteiger partial charge in [0, 0.05) is 11.6 Å². The first-order valence-electron chi connectivity index (χ1n) is 7.88. The van der Waals surface area contributed by atoms with Gasteiger partial charge in [-0.3, -0.25) is 4.79 Å². The zero-order valence-electron chi connectivity index (χ0n) is 14.2. The number of anilines is 1. The van der Waals surface area contributed by atoms with Gasteiger partial charge in [0.1, 0.15) is 10.9 Å². The topological polar surface area (TPSA) is 66.5 Å². The highest BCUT2D eigenvalue weighted by molar-refractivity contribution is 7.89. The van der Waals surface area contributed by atoms with Crippen LogP contribution in [0.25, 0.3) is 0 Å². The van der Waals surface area contributed by atoms with E-state index in [-0.39, 0.29) is 23.0 Å². The van der Waals surface area contributed by atoms with Crippen LogP contribution in [0, 0.1) is 13.8 Å². The molecule has 2 aromatic carbocycles. The van der Waals surface area contributed by atoms with Crippen LogP contribution in [0.1, 0.15) is 23.6 Å². The molecule has 0 saturated heterocycles. The number of halogens is 1. The maximum atomic E-state index is 13.2. The van der Waals surface area contributed by atoms with E-state index >= 15 is 0 Å². The third-order valence-electron chi connectivity index (χ3n) is 4.22. The summed E-state index contributed by atoms with van der Waals surface area (Å²) >= 11 is 5.98. The molecule has 5 nitrogen and oxygen atoms in total. The standard InChI is InChI=1S/C18H19ClN2O3S/c1-11-6-12(2)8-14(7-11)10-21-13(3)18(22)20-16-5-4-15(19)9-17(16)25(21,23)24/h4-9,13H,10H2,1-3H3,(H,20,22). The first-order valence-corrected chi connectivity index (χ1v) is 9.70. The van der Waals surface area contributed by atoms with Crippen LogP contribution in [0.3, 0.4) is 0 Å². The molecule has 1 heterocycles. The molecule has 1 atom stereocenters. The monoisotopic (exact) mass is 378 g/mol. The molecule has 1 amide bonds. The second kappa shape index (κ2) is 6.44. The van der Waals surface area contributed by atoms with Crippen LogP contribution in [0.2, 0.25) is 5.02 Å². The van der Waals surface area contributed by atoms with E-state index in [9.17, 15) is 13.2 Å². The Morgan fingerprint density at radius 2 is 1.76 bits per heavy atom. The third kappa shape index (κ3) is 3.42. The highest BCUT2D eigenvalue weighted by atomic mass is 35.5. The van der Waals surface area contributed by atoms with Crippen molar-refractivity contribution in [2.75, 3.05) is 5.32 Å². The first kappa shape index (κ1) is 17.9. The normalized spacial score (nSPS) is 19.8. The van der Waals surface area contributed by atoms with Crippen molar-refractivity contribution < 1.29 is 13.2 Å². The number of amides is 1. The van der Waals surface area contributed by atoms with Gasteiger partial charge in [-0.1, -0.05) is 40.9 Å². The number of carbonyl (C=O) groups is 1. The average molecular weight is 379 g/mol. The number of fused-ring (bicyclic) bond motifs is 1. The Bertz CT molecular complexity index is 937. The minimum Gasteiger partial charge on any atom is -0.323 e. The Labute approximate surface area is 152 Å². The average Bonchev–Trinajstić information content (AvgIpc) is 2.57. The quantitative estimate of drug-likeness (QED) is 0.869. The largest absolute Gasteiger partial charge is 0.323 e. The van der Waals surface area contributed by atoms with E-state index in [2.05, 4.69) is 5.32 Å². The smallest absolute Gasteiger partial charge is 0.246 e. The van der Waals surface area contributed by atoms with Gasteiger partial charge in [0.25, 0.3) is 0 Å². The van der Waals surface area contributed by atoms with Crippen LogP contribution in [-0.4, -0.2) is 24.7 Å². The molecule has 0 bridgehead atoms. The zero-order chi connectivity index (χ0) is 18.4. The van der Waals surface area contributed by atoms with E-state index in [0.717, 1.165) is 16.7 Å². The lowest BCUT2D eigenvalue weighted by Gasteiger charge is -2.25. The molecule has 0 spiro atoms. The molecule has 1 N–H and O–H groups in total. The summed E-state index contributed by atoms with van der Waals surface area (Å²) in [4.78, 5) is 12.4. The van der Waals surface area contributed by atoms with Crippen LogP contribution in [0.15, 0.2) is 41.3 Å². The molecular weight excluding hydrogens is 360 g/mol. The Morgan fingerprint density at radius 1 is 1.12 bits per heavy atom. The summed E-state index contributed by atoms with van der Waals surface area (Å²) in [7, 11) is -3.88. The molecule has 132 valence electrons. The van der Waals surface area contributed by atoms with Crippen molar-refractivity contribution in [1.29, 1.82) is 0 Å². The summed E-state index contributed by atoms with van der Waals surface area (Å²) in [5.74, 6) is -0.367. The highest BCUT2D eigenvalue weighted by Gasteiger charge is 2.38. The van der Waals surface area contributed by atoms with Crippen LogP contribution >= 0.6 is 11.6 Å². The van der Waals surface area contributed by atoms with Crippen LogP contribution in [0.4, 0.5) is 5.69 Å². The minimum absolute atomic E-state index is 0.0158. The van der Waals surface area contributed by atoms with Gasteiger partial charge in [0.15, 0.2) is 0 Å². The number of rotatable bonds is 2. The van der Waals surface area contributed by atoms with E-state index in [0.29, 0.717) is 5.02 Å². The fraction of sp³-hybridized carbons (Fsp3) is 0.278. The molecule has 0 saturated carbocycles. The fourth-order valence-corrected chi connectivity index (χ4v) is 5.07. The number of carbonyl (C=O) groups excluding carboxylic acids is 1. The number of hydrogen-bond acceptors (Lipinski definition) is 3. The molecule has 7 heteroatoms. The molecule has 1 aliphatic rings. The lowest BCUT2D eigenvalue weighted by atomic mass is 10.1. The maximum absolute atomic E-state index is 13.2. The van der Waals surface area contributed by atoms with Crippen molar-refractivity contribution in [2.24, 2.45) is 0 Å². The zero-order valence-corrected chi connectivity index (χ0v) is 15.8. The first-order chi connectivity index (χ1) is 11.7. The summed E-state index contributed by atoms with van der Waals surface area (Å²) in [5.41, 5.74) is 3.18. The summed E-state index contributed by atoms with van der Waals surface area (Å²) in [6.07, 6.45) is 0. The highest BCUT2D eigenvalue weighted by Crippen LogP contribution is 2.33. The summed E-state index contributed by atoms with van der Waals surface area (Å²) < 4.78 is 27.6. The lowest BCUT2D eigenvalue weighted by molar-refractivity contribution is -0.119. The van der Waals surface area contributed by atoms with Gasteiger partial charge in [-0.15, -0.1) is 0 Å². The Morgan fingerprint density at radius 3 is 2.40 bits per heavy atom. The van der Waals surface area contributed by atoms with Crippen molar-refractivity contribution in [3.63, 3.8) is 0 Å². The van der Waals surface area contributed by atoms with Gasteiger partial charge in [-0.05, 0) is 44.5 Å². The van der Waals surface area contributed by atoms with Gasteiger partial charge in [0.05, 0.1) is 5.69 Å². The number of sulfonamides is 1. The van der Waals surface area contributed by atoms with Crippen molar-refractivity contribution in [3.05, 3.63) is 58.1 Å². The Hall–Kier alpha value is -1.89. The van der Waals surface area contributed by atoms with Gasteiger partial charge < -0.3 is 5.32 Å². The molecule has 25 heavy (non-hydrogen) atoms. The van der Waals surface area contributed by atoms with E-state index in [1.165, 1.54) is 16.4 Å². The summed E-state index contributed by atoms with van der Waals surface area (Å²) in [5, 5.41) is 2.98. The number of nitrogens with one attached hydrogen (secondary N) is 1. The van der Waals surface area contributed by atoms with Gasteiger partial charge in [0.2, 0.25) is 15.9 Å². The molecule has 0 aliphatic carbocycles. The second-order valence-corrected chi connectivity index (χ2v) is 8.65. The van der Waals surface area contributed by atoms with E-state index in [4.69, 9.17) is 11.6 Å². The molecule has 0 fully saturated rings. The van der Waals surface area contributed by atoms with Crippen LogP contribution in [0.5, 0.6) is 0 Å². The van der Waals surface area contributed by atoms with Crippen molar-refractivity contribution >= 4 is 33.2 Å². The minimum atomic E-state index is -3.88. The van der Waals surface area contributed by atoms with Gasteiger partial charge >= 0.3 is 0 Å². The van der Waals surface area contributed by atoms with Crippen molar-refractivity contribution in [2.45, 2.75) is 38.3 Å². The van der Waals surface area contributed by atoms with Crippen molar-refractivity contribution in [1.82, 2.24) is 4.31 Å².